The number of hydrogen-bond acceptors (Lipinski definition) is 4. The van der Waals surface area contributed by atoms with Gasteiger partial charge in [0.15, 0.2) is 0 Å². The Morgan fingerprint density at radius 2 is 2.00 bits per heavy atom. The van der Waals surface area contributed by atoms with E-state index in [2.05, 4.69) is 5.10 Å². The van der Waals surface area contributed by atoms with Crippen LogP contribution in [0.2, 0.25) is 5.02 Å². The summed E-state index contributed by atoms with van der Waals surface area (Å²) in [4.78, 5) is 14.7. The summed E-state index contributed by atoms with van der Waals surface area (Å²) in [6.07, 6.45) is 0.0750. The van der Waals surface area contributed by atoms with Crippen molar-refractivity contribution < 1.29 is 14.3 Å². The van der Waals surface area contributed by atoms with Crippen molar-refractivity contribution in [3.8, 4) is 0 Å². The van der Waals surface area contributed by atoms with Gasteiger partial charge >= 0.3 is 6.09 Å². The van der Waals surface area contributed by atoms with Gasteiger partial charge in [0.2, 0.25) is 0 Å². The van der Waals surface area contributed by atoms with E-state index in [0.717, 1.165) is 17.0 Å². The normalized spacial score (nSPS) is 20.3. The molecule has 1 aliphatic heterocycles. The highest BCUT2D eigenvalue weighted by Gasteiger charge is 2.36. The van der Waals surface area contributed by atoms with E-state index in [1.54, 1.807) is 4.90 Å². The monoisotopic (exact) mass is 405 g/mol. The van der Waals surface area contributed by atoms with Crippen molar-refractivity contribution in [2.45, 2.75) is 51.9 Å². The minimum atomic E-state index is -0.558. The van der Waals surface area contributed by atoms with Crippen LogP contribution in [0.1, 0.15) is 43.8 Å². The second kappa shape index (κ2) is 8.13. The molecular weight excluding hydrogens is 378 g/mol. The molecule has 0 saturated carbocycles. The maximum Gasteiger partial charge on any atom is 0.410 e. The number of halogens is 1. The standard InChI is InChI=1S/C21H28ClN3O3/c1-14-10-18(23-24(14)5)19-12-25(20(26)28-21(2,3)4)17(13-27-19)11-15-6-8-16(22)9-7-15/h6-10,17,19H,11-13H2,1-5H3. The first-order chi connectivity index (χ1) is 13.1. The molecule has 0 aliphatic carbocycles. The Hall–Kier alpha value is -2.05. The summed E-state index contributed by atoms with van der Waals surface area (Å²) in [5.74, 6) is 0. The van der Waals surface area contributed by atoms with Crippen molar-refractivity contribution in [1.82, 2.24) is 14.7 Å². The number of aryl methyl sites for hydroxylation is 2. The molecule has 152 valence electrons. The number of hydrogen-bond donors (Lipinski definition) is 0. The molecule has 1 fully saturated rings. The molecule has 0 spiro atoms. The van der Waals surface area contributed by atoms with Gasteiger partial charge in [-0.25, -0.2) is 4.79 Å². The molecule has 0 N–H and O–H groups in total. The van der Waals surface area contributed by atoms with Crippen LogP contribution >= 0.6 is 11.6 Å². The Labute approximate surface area is 171 Å². The molecule has 1 amide bonds. The zero-order valence-corrected chi connectivity index (χ0v) is 17.9. The Morgan fingerprint density at radius 1 is 1.32 bits per heavy atom. The lowest BCUT2D eigenvalue weighted by Crippen LogP contribution is -2.52. The van der Waals surface area contributed by atoms with E-state index in [-0.39, 0.29) is 18.2 Å². The van der Waals surface area contributed by atoms with Crippen LogP contribution in [0.3, 0.4) is 0 Å². The van der Waals surface area contributed by atoms with Gasteiger partial charge < -0.3 is 9.47 Å². The summed E-state index contributed by atoms with van der Waals surface area (Å²) in [6.45, 7) is 8.44. The average Bonchev–Trinajstić information content (AvgIpc) is 2.94. The van der Waals surface area contributed by atoms with Crippen molar-refractivity contribution in [2.24, 2.45) is 7.05 Å². The number of nitrogens with zero attached hydrogens (tertiary/aromatic N) is 3. The molecule has 2 aromatic rings. The molecule has 6 nitrogen and oxygen atoms in total. The Bertz CT molecular complexity index is 807. The van der Waals surface area contributed by atoms with Gasteiger partial charge in [-0.3, -0.25) is 9.58 Å². The number of carbonyl (C=O) groups excluding carboxylic acids is 1. The van der Waals surface area contributed by atoms with Crippen LogP contribution in [0.15, 0.2) is 30.3 Å². The van der Waals surface area contributed by atoms with Crippen molar-refractivity contribution >= 4 is 17.7 Å². The first kappa shape index (κ1) is 20.7. The number of benzene rings is 1. The molecule has 2 atom stereocenters. The van der Waals surface area contributed by atoms with E-state index in [1.165, 1.54) is 0 Å². The fourth-order valence-corrected chi connectivity index (χ4v) is 3.35. The van der Waals surface area contributed by atoms with Crippen LogP contribution in [-0.2, 0) is 22.9 Å². The van der Waals surface area contributed by atoms with E-state index in [1.807, 2.05) is 69.8 Å². The predicted octanol–water partition coefficient (Wildman–Crippen LogP) is 4.30. The van der Waals surface area contributed by atoms with Crippen LogP contribution in [0, 0.1) is 6.92 Å². The highest BCUT2D eigenvalue weighted by atomic mass is 35.5. The largest absolute Gasteiger partial charge is 0.444 e. The minimum Gasteiger partial charge on any atom is -0.444 e. The molecular formula is C21H28ClN3O3. The third kappa shape index (κ3) is 5.06. The molecule has 1 aliphatic rings. The van der Waals surface area contributed by atoms with E-state index in [0.29, 0.717) is 24.6 Å². The van der Waals surface area contributed by atoms with E-state index in [4.69, 9.17) is 21.1 Å². The number of morpholine rings is 1. The van der Waals surface area contributed by atoms with Gasteiger partial charge in [-0.2, -0.15) is 5.10 Å². The molecule has 0 radical (unpaired) electrons. The zero-order valence-electron chi connectivity index (χ0n) is 17.1. The number of carbonyl (C=O) groups is 1. The fourth-order valence-electron chi connectivity index (χ4n) is 3.23. The molecule has 2 heterocycles. The summed E-state index contributed by atoms with van der Waals surface area (Å²) in [5, 5.41) is 5.21. The quantitative estimate of drug-likeness (QED) is 0.763. The van der Waals surface area contributed by atoms with Crippen molar-refractivity contribution in [1.29, 1.82) is 0 Å². The molecule has 7 heteroatoms. The average molecular weight is 406 g/mol. The Kier molecular flexibility index (Phi) is 6.01. The Morgan fingerprint density at radius 3 is 2.57 bits per heavy atom. The lowest BCUT2D eigenvalue weighted by molar-refractivity contribution is -0.0724. The van der Waals surface area contributed by atoms with Crippen LogP contribution in [0.25, 0.3) is 0 Å². The minimum absolute atomic E-state index is 0.114. The maximum atomic E-state index is 12.9. The van der Waals surface area contributed by atoms with E-state index in [9.17, 15) is 4.79 Å². The number of rotatable bonds is 3. The van der Waals surface area contributed by atoms with Gasteiger partial charge in [0, 0.05) is 17.8 Å². The lowest BCUT2D eigenvalue weighted by Gasteiger charge is -2.39. The van der Waals surface area contributed by atoms with Gasteiger partial charge in [-0.05, 0) is 57.9 Å². The molecule has 1 saturated heterocycles. The molecule has 28 heavy (non-hydrogen) atoms. The second-order valence-electron chi connectivity index (χ2n) is 8.27. The van der Waals surface area contributed by atoms with Gasteiger partial charge in [-0.15, -0.1) is 0 Å². The number of amides is 1. The smallest absolute Gasteiger partial charge is 0.410 e. The molecule has 1 aromatic carbocycles. The molecule has 1 aromatic heterocycles. The van der Waals surface area contributed by atoms with Crippen LogP contribution in [0.5, 0.6) is 0 Å². The highest BCUT2D eigenvalue weighted by Crippen LogP contribution is 2.28. The SMILES string of the molecule is Cc1cc(C2CN(C(=O)OC(C)(C)C)C(Cc3ccc(Cl)cc3)CO2)nn1C. The lowest BCUT2D eigenvalue weighted by atomic mass is 10.0. The first-order valence-electron chi connectivity index (χ1n) is 9.48. The van der Waals surface area contributed by atoms with Gasteiger partial charge in [0.25, 0.3) is 0 Å². The summed E-state index contributed by atoms with van der Waals surface area (Å²) in [7, 11) is 1.90. The van der Waals surface area contributed by atoms with E-state index < -0.39 is 5.60 Å². The molecule has 3 rings (SSSR count). The zero-order chi connectivity index (χ0) is 20.5. The number of aromatic nitrogens is 2. The maximum absolute atomic E-state index is 12.9. The molecule has 2 unspecified atom stereocenters. The van der Waals surface area contributed by atoms with Crippen LogP contribution < -0.4 is 0 Å². The fraction of sp³-hybridized carbons (Fsp3) is 0.524. The van der Waals surface area contributed by atoms with Gasteiger partial charge in [0.1, 0.15) is 11.7 Å². The van der Waals surface area contributed by atoms with Crippen LogP contribution in [0.4, 0.5) is 4.79 Å². The van der Waals surface area contributed by atoms with Gasteiger partial charge in [0.05, 0.1) is 24.9 Å². The third-order valence-corrected chi connectivity index (χ3v) is 5.02. The van der Waals surface area contributed by atoms with Crippen molar-refractivity contribution in [3.05, 3.63) is 52.3 Å². The first-order valence-corrected chi connectivity index (χ1v) is 9.86. The topological polar surface area (TPSA) is 56.6 Å². The second-order valence-corrected chi connectivity index (χ2v) is 8.71. The van der Waals surface area contributed by atoms with Gasteiger partial charge in [-0.1, -0.05) is 23.7 Å². The predicted molar refractivity (Wildman–Crippen MR) is 109 cm³/mol. The number of ether oxygens (including phenoxy) is 2. The summed E-state index contributed by atoms with van der Waals surface area (Å²) < 4.78 is 13.6. The summed E-state index contributed by atoms with van der Waals surface area (Å²) >= 11 is 5.99. The van der Waals surface area contributed by atoms with E-state index >= 15 is 0 Å². The van der Waals surface area contributed by atoms with Crippen molar-refractivity contribution in [3.63, 3.8) is 0 Å². The third-order valence-electron chi connectivity index (χ3n) is 4.77. The Balaban J connectivity index is 1.80. The summed E-state index contributed by atoms with van der Waals surface area (Å²) in [6, 6.07) is 9.55. The highest BCUT2D eigenvalue weighted by molar-refractivity contribution is 6.30. The van der Waals surface area contributed by atoms with Crippen LogP contribution in [-0.4, -0.2) is 45.6 Å². The van der Waals surface area contributed by atoms with Crippen molar-refractivity contribution in [2.75, 3.05) is 13.2 Å². The summed E-state index contributed by atoms with van der Waals surface area (Å²) in [5.41, 5.74) is 2.42. The molecule has 0 bridgehead atoms.